The molecule has 30 heavy (non-hydrogen) atoms. The molecular weight excluding hydrogens is 381 g/mol. The number of aryl methyl sites for hydroxylation is 1. The molecule has 0 spiro atoms. The standard InChI is InChI=1S/C24H22FN3O2/c1-16-12-22(30-15-21-4-3-11-26-27-21)14-24(29)28(16)17(2)20-10-9-19(23(25)13-20)8-7-18-5-6-18/h3-4,9-14,17-18H,5-6,15H2,1-2H3/t17-/m1/s1. The Morgan fingerprint density at radius 1 is 1.27 bits per heavy atom. The molecule has 2 aromatic heterocycles. The number of benzene rings is 1. The lowest BCUT2D eigenvalue weighted by molar-refractivity contribution is 0.298. The second-order valence-electron chi connectivity index (χ2n) is 7.50. The molecule has 1 saturated carbocycles. The van der Waals surface area contributed by atoms with Crippen molar-refractivity contribution < 1.29 is 9.13 Å². The van der Waals surface area contributed by atoms with E-state index >= 15 is 0 Å². The van der Waals surface area contributed by atoms with Crippen LogP contribution in [0.5, 0.6) is 5.75 Å². The Morgan fingerprint density at radius 2 is 2.10 bits per heavy atom. The highest BCUT2D eigenvalue weighted by molar-refractivity contribution is 5.39. The SMILES string of the molecule is Cc1cc(OCc2cccnn2)cc(=O)n1[C@H](C)c1ccc(C#CC2CC2)c(F)c1. The van der Waals surface area contributed by atoms with Crippen molar-refractivity contribution in [3.05, 3.63) is 87.3 Å². The Balaban J connectivity index is 1.53. The summed E-state index contributed by atoms with van der Waals surface area (Å²) in [4.78, 5) is 12.8. The van der Waals surface area contributed by atoms with Gasteiger partial charge < -0.3 is 9.30 Å². The minimum Gasteiger partial charge on any atom is -0.487 e. The van der Waals surface area contributed by atoms with Crippen LogP contribution in [0.2, 0.25) is 0 Å². The van der Waals surface area contributed by atoms with Gasteiger partial charge in [0.15, 0.2) is 0 Å². The van der Waals surface area contributed by atoms with Crippen molar-refractivity contribution in [1.82, 2.24) is 14.8 Å². The third kappa shape index (κ3) is 4.57. The molecule has 1 atom stereocenters. The molecule has 1 aromatic carbocycles. The third-order valence-electron chi connectivity index (χ3n) is 5.10. The Hall–Kier alpha value is -3.46. The number of aromatic nitrogens is 3. The number of ether oxygens (including phenoxy) is 1. The van der Waals surface area contributed by atoms with Crippen LogP contribution in [-0.4, -0.2) is 14.8 Å². The van der Waals surface area contributed by atoms with Crippen molar-refractivity contribution in [2.24, 2.45) is 5.92 Å². The smallest absolute Gasteiger partial charge is 0.254 e. The second-order valence-corrected chi connectivity index (χ2v) is 7.50. The maximum Gasteiger partial charge on any atom is 0.254 e. The molecule has 0 aliphatic heterocycles. The van der Waals surface area contributed by atoms with Gasteiger partial charge in [0.1, 0.15) is 23.9 Å². The fourth-order valence-corrected chi connectivity index (χ4v) is 3.28. The number of rotatable bonds is 5. The summed E-state index contributed by atoms with van der Waals surface area (Å²) in [5.41, 5.74) is 2.29. The molecule has 3 aromatic rings. The molecule has 0 amide bonds. The zero-order valence-corrected chi connectivity index (χ0v) is 16.9. The summed E-state index contributed by atoms with van der Waals surface area (Å²) in [5, 5.41) is 7.77. The molecule has 0 unspecified atom stereocenters. The lowest BCUT2D eigenvalue weighted by Gasteiger charge is -2.19. The van der Waals surface area contributed by atoms with Gasteiger partial charge in [-0.3, -0.25) is 4.79 Å². The van der Waals surface area contributed by atoms with Gasteiger partial charge in [-0.2, -0.15) is 10.2 Å². The number of hydrogen-bond acceptors (Lipinski definition) is 4. The van der Waals surface area contributed by atoms with Crippen LogP contribution < -0.4 is 10.3 Å². The predicted octanol–water partition coefficient (Wildman–Crippen LogP) is 4.04. The average molecular weight is 403 g/mol. The highest BCUT2D eigenvalue weighted by Crippen LogP contribution is 2.28. The second kappa shape index (κ2) is 8.50. The summed E-state index contributed by atoms with van der Waals surface area (Å²) in [7, 11) is 0. The molecule has 1 aliphatic rings. The summed E-state index contributed by atoms with van der Waals surface area (Å²) < 4.78 is 21.8. The minimum absolute atomic E-state index is 0.213. The van der Waals surface area contributed by atoms with E-state index in [-0.39, 0.29) is 24.0 Å². The molecule has 2 heterocycles. The quantitative estimate of drug-likeness (QED) is 0.604. The molecule has 0 saturated heterocycles. The van der Waals surface area contributed by atoms with Crippen molar-refractivity contribution in [2.75, 3.05) is 0 Å². The maximum atomic E-state index is 14.5. The summed E-state index contributed by atoms with van der Waals surface area (Å²) in [5.74, 6) is 6.51. The number of nitrogens with zero attached hydrogens (tertiary/aromatic N) is 3. The summed E-state index contributed by atoms with van der Waals surface area (Å²) in [6.07, 6.45) is 3.79. The van der Waals surface area contributed by atoms with E-state index in [4.69, 9.17) is 4.74 Å². The number of pyridine rings is 1. The van der Waals surface area contributed by atoms with E-state index in [0.29, 0.717) is 28.5 Å². The molecular formula is C24H22FN3O2. The van der Waals surface area contributed by atoms with Gasteiger partial charge in [-0.25, -0.2) is 4.39 Å². The van der Waals surface area contributed by atoms with Gasteiger partial charge in [-0.05, 0) is 62.6 Å². The monoisotopic (exact) mass is 403 g/mol. The number of hydrogen-bond donors (Lipinski definition) is 0. The molecule has 4 rings (SSSR count). The Bertz CT molecular complexity index is 1170. The van der Waals surface area contributed by atoms with Gasteiger partial charge in [0.2, 0.25) is 0 Å². The Morgan fingerprint density at radius 3 is 2.77 bits per heavy atom. The first-order valence-electron chi connectivity index (χ1n) is 9.95. The van der Waals surface area contributed by atoms with E-state index < -0.39 is 0 Å². The van der Waals surface area contributed by atoms with E-state index in [1.807, 2.05) is 19.9 Å². The van der Waals surface area contributed by atoms with Crippen LogP contribution >= 0.6 is 0 Å². The fourth-order valence-electron chi connectivity index (χ4n) is 3.28. The van der Waals surface area contributed by atoms with E-state index in [9.17, 15) is 9.18 Å². The van der Waals surface area contributed by atoms with Crippen LogP contribution in [0.3, 0.4) is 0 Å². The van der Waals surface area contributed by atoms with Crippen LogP contribution in [-0.2, 0) is 6.61 Å². The van der Waals surface area contributed by atoms with E-state index in [1.165, 1.54) is 12.1 Å². The van der Waals surface area contributed by atoms with Gasteiger partial charge in [0.05, 0.1) is 11.6 Å². The van der Waals surface area contributed by atoms with E-state index in [0.717, 1.165) is 18.5 Å². The Kier molecular flexibility index (Phi) is 5.62. The molecule has 6 heteroatoms. The topological polar surface area (TPSA) is 57.0 Å². The van der Waals surface area contributed by atoms with Crippen LogP contribution in [0.25, 0.3) is 0 Å². The average Bonchev–Trinajstić information content (AvgIpc) is 3.56. The summed E-state index contributed by atoms with van der Waals surface area (Å²) in [6.45, 7) is 3.93. The van der Waals surface area contributed by atoms with Gasteiger partial charge in [0, 0.05) is 23.9 Å². The van der Waals surface area contributed by atoms with Crippen LogP contribution in [0.1, 0.15) is 48.3 Å². The molecule has 0 N–H and O–H groups in total. The van der Waals surface area contributed by atoms with Gasteiger partial charge in [-0.1, -0.05) is 17.9 Å². The zero-order chi connectivity index (χ0) is 21.1. The highest BCUT2D eigenvalue weighted by atomic mass is 19.1. The lowest BCUT2D eigenvalue weighted by atomic mass is 10.0. The van der Waals surface area contributed by atoms with Gasteiger partial charge in [-0.15, -0.1) is 0 Å². The Labute approximate surface area is 174 Å². The molecule has 1 aliphatic carbocycles. The summed E-state index contributed by atoms with van der Waals surface area (Å²) in [6, 6.07) is 11.5. The lowest BCUT2D eigenvalue weighted by Crippen LogP contribution is -2.25. The van der Waals surface area contributed by atoms with Crippen LogP contribution in [0.15, 0.2) is 53.5 Å². The van der Waals surface area contributed by atoms with Crippen LogP contribution in [0.4, 0.5) is 4.39 Å². The van der Waals surface area contributed by atoms with Crippen molar-refractivity contribution in [3.63, 3.8) is 0 Å². The first-order valence-corrected chi connectivity index (χ1v) is 9.95. The molecule has 1 fully saturated rings. The van der Waals surface area contributed by atoms with Crippen molar-refractivity contribution in [2.45, 2.75) is 39.3 Å². The van der Waals surface area contributed by atoms with Crippen molar-refractivity contribution >= 4 is 0 Å². The third-order valence-corrected chi connectivity index (χ3v) is 5.10. The fraction of sp³-hybridized carbons (Fsp3) is 0.292. The molecule has 5 nitrogen and oxygen atoms in total. The van der Waals surface area contributed by atoms with Crippen LogP contribution in [0, 0.1) is 30.5 Å². The van der Waals surface area contributed by atoms with Gasteiger partial charge in [0.25, 0.3) is 5.56 Å². The molecule has 0 radical (unpaired) electrons. The highest BCUT2D eigenvalue weighted by Gasteiger charge is 2.18. The largest absolute Gasteiger partial charge is 0.487 e. The summed E-state index contributed by atoms with van der Waals surface area (Å²) >= 11 is 0. The van der Waals surface area contributed by atoms with E-state index in [2.05, 4.69) is 22.0 Å². The minimum atomic E-state index is -0.359. The molecule has 0 bridgehead atoms. The zero-order valence-electron chi connectivity index (χ0n) is 16.9. The molecule has 152 valence electrons. The predicted molar refractivity (Wildman–Crippen MR) is 112 cm³/mol. The van der Waals surface area contributed by atoms with Crippen molar-refractivity contribution in [1.29, 1.82) is 0 Å². The number of halogens is 1. The van der Waals surface area contributed by atoms with Crippen molar-refractivity contribution in [3.8, 4) is 17.6 Å². The van der Waals surface area contributed by atoms with Gasteiger partial charge >= 0.3 is 0 Å². The normalized spacial score (nSPS) is 14.0. The first kappa shape index (κ1) is 19.8. The maximum absolute atomic E-state index is 14.5. The first-order chi connectivity index (χ1) is 14.5. The van der Waals surface area contributed by atoms with E-state index in [1.54, 1.807) is 35.0 Å².